The summed E-state index contributed by atoms with van der Waals surface area (Å²) in [6.07, 6.45) is 3.76. The summed E-state index contributed by atoms with van der Waals surface area (Å²) < 4.78 is 21.3. The average molecular weight is 487 g/mol. The maximum Gasteiger partial charge on any atom is 0.224 e. The van der Waals surface area contributed by atoms with Gasteiger partial charge in [0.05, 0.1) is 30.0 Å². The molecule has 1 atom stereocenters. The highest BCUT2D eigenvalue weighted by atomic mass is 19.1. The van der Waals surface area contributed by atoms with E-state index in [2.05, 4.69) is 15.6 Å². The Morgan fingerprint density at radius 1 is 1.11 bits per heavy atom. The predicted molar refractivity (Wildman–Crippen MR) is 135 cm³/mol. The number of anilines is 1. The summed E-state index contributed by atoms with van der Waals surface area (Å²) in [7, 11) is 0. The molecule has 0 bridgehead atoms. The number of halogens is 1. The zero-order valence-corrected chi connectivity index (χ0v) is 19.7. The molecule has 1 unspecified atom stereocenters. The van der Waals surface area contributed by atoms with Crippen molar-refractivity contribution in [1.29, 1.82) is 0 Å². The van der Waals surface area contributed by atoms with Gasteiger partial charge in [-0.1, -0.05) is 24.3 Å². The van der Waals surface area contributed by atoms with Gasteiger partial charge in [0.2, 0.25) is 11.8 Å². The zero-order chi connectivity index (χ0) is 24.9. The van der Waals surface area contributed by atoms with Crippen molar-refractivity contribution >= 4 is 28.5 Å². The Bertz CT molecular complexity index is 1380. The fourth-order valence-corrected chi connectivity index (χ4v) is 4.42. The normalized spacial score (nSPS) is 13.6. The first-order chi connectivity index (χ1) is 17.5. The van der Waals surface area contributed by atoms with Crippen LogP contribution >= 0.6 is 0 Å². The third-order valence-corrected chi connectivity index (χ3v) is 6.30. The van der Waals surface area contributed by atoms with Crippen LogP contribution in [0, 0.1) is 5.82 Å². The molecule has 1 aliphatic heterocycles. The molecule has 5 rings (SSSR count). The first kappa shape index (κ1) is 23.5. The van der Waals surface area contributed by atoms with Crippen LogP contribution in [-0.4, -0.2) is 28.0 Å². The number of fused-ring (bicyclic) bond motifs is 2. The highest BCUT2D eigenvalue weighted by molar-refractivity contribution is 5.94. The van der Waals surface area contributed by atoms with E-state index >= 15 is 0 Å². The Morgan fingerprint density at radius 3 is 2.81 bits per heavy atom. The topological polar surface area (TPSA) is 85.2 Å². The van der Waals surface area contributed by atoms with Gasteiger partial charge in [0, 0.05) is 25.1 Å². The molecule has 0 fully saturated rings. The Balaban J connectivity index is 1.18. The number of ether oxygens (including phenoxy) is 1. The van der Waals surface area contributed by atoms with Crippen LogP contribution in [0.1, 0.15) is 36.4 Å². The molecule has 7 nitrogen and oxygen atoms in total. The van der Waals surface area contributed by atoms with Crippen molar-refractivity contribution in [2.45, 2.75) is 38.3 Å². The van der Waals surface area contributed by atoms with E-state index in [0.29, 0.717) is 38.8 Å². The van der Waals surface area contributed by atoms with Gasteiger partial charge in [0.25, 0.3) is 0 Å². The SMILES string of the molecule is O=C1CCc2cc(OCCCC(=O)NC(Cn3cnc4ccccc43)c3ccc(F)cc3)ccc2N1. The van der Waals surface area contributed by atoms with Gasteiger partial charge < -0.3 is 19.9 Å². The Labute approximate surface area is 208 Å². The Kier molecular flexibility index (Phi) is 6.93. The van der Waals surface area contributed by atoms with E-state index in [4.69, 9.17) is 4.74 Å². The van der Waals surface area contributed by atoms with Crippen molar-refractivity contribution in [2.24, 2.45) is 0 Å². The van der Waals surface area contributed by atoms with E-state index in [1.54, 1.807) is 18.5 Å². The van der Waals surface area contributed by atoms with Gasteiger partial charge in [-0.25, -0.2) is 9.37 Å². The fraction of sp³-hybridized carbons (Fsp3) is 0.250. The molecule has 1 aliphatic rings. The van der Waals surface area contributed by atoms with E-state index in [-0.39, 0.29) is 23.7 Å². The van der Waals surface area contributed by atoms with Crippen LogP contribution in [0.5, 0.6) is 5.75 Å². The second-order valence-electron chi connectivity index (χ2n) is 8.88. The summed E-state index contributed by atoms with van der Waals surface area (Å²) in [4.78, 5) is 28.8. The van der Waals surface area contributed by atoms with Gasteiger partial charge in [-0.2, -0.15) is 0 Å². The number of rotatable bonds is 9. The van der Waals surface area contributed by atoms with E-state index in [9.17, 15) is 14.0 Å². The highest BCUT2D eigenvalue weighted by Gasteiger charge is 2.18. The number of nitrogens with one attached hydrogen (secondary N) is 2. The van der Waals surface area contributed by atoms with Crippen LogP contribution in [0.25, 0.3) is 11.0 Å². The van der Waals surface area contributed by atoms with Crippen LogP contribution in [0.2, 0.25) is 0 Å². The van der Waals surface area contributed by atoms with Gasteiger partial charge in [-0.05, 0) is 66.4 Å². The summed E-state index contributed by atoms with van der Waals surface area (Å²) in [5.41, 5.74) is 4.55. The zero-order valence-electron chi connectivity index (χ0n) is 19.7. The Morgan fingerprint density at radius 2 is 1.94 bits per heavy atom. The highest BCUT2D eigenvalue weighted by Crippen LogP contribution is 2.27. The lowest BCUT2D eigenvalue weighted by molar-refractivity contribution is -0.122. The molecule has 3 aromatic carbocycles. The number of nitrogens with zero attached hydrogens (tertiary/aromatic N) is 2. The fourth-order valence-electron chi connectivity index (χ4n) is 4.42. The molecule has 2 amide bonds. The van der Waals surface area contributed by atoms with Gasteiger partial charge in [-0.15, -0.1) is 0 Å². The number of imidazole rings is 1. The van der Waals surface area contributed by atoms with Gasteiger partial charge in [0.1, 0.15) is 11.6 Å². The van der Waals surface area contributed by atoms with Crippen molar-refractivity contribution in [3.8, 4) is 5.75 Å². The number of aromatic nitrogens is 2. The molecular formula is C28H27FN4O3. The standard InChI is InChI=1S/C28H27FN4O3/c29-21-10-7-19(8-11-21)25(17-33-18-30-24-4-1-2-5-26(24)33)32-27(34)6-3-15-36-22-12-13-23-20(16-22)9-14-28(35)31-23/h1-2,4-5,7-8,10-13,16,18,25H,3,6,9,14-15,17H2,(H,31,35)(H,32,34). The largest absolute Gasteiger partial charge is 0.494 e. The summed E-state index contributed by atoms with van der Waals surface area (Å²) in [6.45, 7) is 0.867. The molecule has 36 heavy (non-hydrogen) atoms. The van der Waals surface area contributed by atoms with Crippen molar-refractivity contribution in [2.75, 3.05) is 11.9 Å². The number of carbonyl (C=O) groups is 2. The molecule has 8 heteroatoms. The lowest BCUT2D eigenvalue weighted by atomic mass is 10.0. The molecular weight excluding hydrogens is 459 g/mol. The molecule has 2 N–H and O–H groups in total. The molecule has 0 spiro atoms. The lowest BCUT2D eigenvalue weighted by Gasteiger charge is -2.21. The third kappa shape index (κ3) is 5.54. The van der Waals surface area contributed by atoms with Crippen LogP contribution in [0.4, 0.5) is 10.1 Å². The number of carbonyl (C=O) groups excluding carboxylic acids is 2. The average Bonchev–Trinajstić information content (AvgIpc) is 3.29. The lowest BCUT2D eigenvalue weighted by Crippen LogP contribution is -2.31. The van der Waals surface area contributed by atoms with Crippen LogP contribution in [-0.2, 0) is 22.6 Å². The molecule has 4 aromatic rings. The minimum atomic E-state index is -0.340. The minimum Gasteiger partial charge on any atom is -0.494 e. The molecule has 0 aliphatic carbocycles. The monoisotopic (exact) mass is 486 g/mol. The van der Waals surface area contributed by atoms with Crippen LogP contribution < -0.4 is 15.4 Å². The van der Waals surface area contributed by atoms with Gasteiger partial charge in [0.15, 0.2) is 0 Å². The minimum absolute atomic E-state index is 0.0300. The molecule has 1 aromatic heterocycles. The van der Waals surface area contributed by atoms with Crippen molar-refractivity contribution in [1.82, 2.24) is 14.9 Å². The number of aryl methyl sites for hydroxylation is 1. The Hall–Kier alpha value is -4.20. The van der Waals surface area contributed by atoms with E-state index in [1.807, 2.05) is 47.0 Å². The van der Waals surface area contributed by atoms with E-state index in [0.717, 1.165) is 33.6 Å². The summed E-state index contributed by atoms with van der Waals surface area (Å²) in [5.74, 6) is 0.327. The number of benzene rings is 3. The summed E-state index contributed by atoms with van der Waals surface area (Å²) in [5, 5.41) is 5.95. The van der Waals surface area contributed by atoms with Crippen molar-refractivity contribution in [3.63, 3.8) is 0 Å². The molecule has 2 heterocycles. The maximum atomic E-state index is 13.5. The summed E-state index contributed by atoms with van der Waals surface area (Å²) in [6, 6.07) is 19.3. The van der Waals surface area contributed by atoms with E-state index in [1.165, 1.54) is 12.1 Å². The first-order valence-corrected chi connectivity index (χ1v) is 12.1. The van der Waals surface area contributed by atoms with Crippen molar-refractivity contribution < 1.29 is 18.7 Å². The van der Waals surface area contributed by atoms with Gasteiger partial charge in [-0.3, -0.25) is 9.59 Å². The van der Waals surface area contributed by atoms with Gasteiger partial charge >= 0.3 is 0 Å². The third-order valence-electron chi connectivity index (χ3n) is 6.30. The molecule has 0 radical (unpaired) electrons. The molecule has 184 valence electrons. The van der Waals surface area contributed by atoms with Crippen molar-refractivity contribution in [3.05, 3.63) is 90.0 Å². The molecule has 0 saturated carbocycles. The quantitative estimate of drug-likeness (QED) is 0.334. The van der Waals surface area contributed by atoms with Crippen LogP contribution in [0.3, 0.4) is 0 Å². The second kappa shape index (κ2) is 10.6. The van der Waals surface area contributed by atoms with E-state index < -0.39 is 0 Å². The predicted octanol–water partition coefficient (Wildman–Crippen LogP) is 4.78. The summed E-state index contributed by atoms with van der Waals surface area (Å²) >= 11 is 0. The number of hydrogen-bond donors (Lipinski definition) is 2. The number of amides is 2. The maximum absolute atomic E-state index is 13.5. The smallest absolute Gasteiger partial charge is 0.224 e. The number of hydrogen-bond acceptors (Lipinski definition) is 4. The number of para-hydroxylation sites is 2. The van der Waals surface area contributed by atoms with Crippen LogP contribution in [0.15, 0.2) is 73.1 Å². The second-order valence-corrected chi connectivity index (χ2v) is 8.88. The molecule has 0 saturated heterocycles. The first-order valence-electron chi connectivity index (χ1n) is 12.1.